The summed E-state index contributed by atoms with van der Waals surface area (Å²) in [6.07, 6.45) is 82.0. The molecule has 1 unspecified atom stereocenters. The van der Waals surface area contributed by atoms with Crippen LogP contribution in [0.15, 0.2) is 72.9 Å². The number of carbonyl (C=O) groups excluding carboxylic acids is 3. The van der Waals surface area contributed by atoms with E-state index in [1.165, 1.54) is 205 Å². The minimum Gasteiger partial charge on any atom is -0.462 e. The predicted octanol–water partition coefficient (Wildman–Crippen LogP) is 22.1. The minimum absolute atomic E-state index is 0.0881. The van der Waals surface area contributed by atoms with Gasteiger partial charge in [0.1, 0.15) is 13.2 Å². The molecule has 6 heteroatoms. The van der Waals surface area contributed by atoms with Gasteiger partial charge in [0.15, 0.2) is 6.10 Å². The van der Waals surface area contributed by atoms with Crippen molar-refractivity contribution >= 4 is 17.9 Å². The molecule has 0 rings (SSSR count). The van der Waals surface area contributed by atoms with Gasteiger partial charge in [0, 0.05) is 19.3 Å². The van der Waals surface area contributed by atoms with Gasteiger partial charge in [-0.2, -0.15) is 0 Å². The third kappa shape index (κ3) is 61.6. The Morgan fingerprint density at radius 3 is 0.853 bits per heavy atom. The van der Waals surface area contributed by atoms with E-state index in [9.17, 15) is 14.4 Å². The fourth-order valence-electron chi connectivity index (χ4n) is 9.31. The molecule has 0 amide bonds. The van der Waals surface area contributed by atoms with Crippen LogP contribution in [0.2, 0.25) is 0 Å². The van der Waals surface area contributed by atoms with Gasteiger partial charge in [-0.25, -0.2) is 0 Å². The maximum absolute atomic E-state index is 12.9. The van der Waals surface area contributed by atoms with E-state index in [2.05, 4.69) is 93.7 Å². The Bertz CT molecular complexity index is 1390. The molecule has 0 saturated heterocycles. The molecule has 0 bridgehead atoms. The molecule has 0 aliphatic heterocycles. The van der Waals surface area contributed by atoms with E-state index in [1.807, 2.05) is 0 Å². The van der Waals surface area contributed by atoms with Crippen molar-refractivity contribution in [1.29, 1.82) is 0 Å². The van der Waals surface area contributed by atoms with Gasteiger partial charge in [0.05, 0.1) is 0 Å². The molecule has 6 nitrogen and oxygen atoms in total. The molecule has 0 fully saturated rings. The van der Waals surface area contributed by atoms with Crippen molar-refractivity contribution in [3.8, 4) is 0 Å². The molecule has 434 valence electrons. The highest BCUT2D eigenvalue weighted by molar-refractivity contribution is 5.71. The Kier molecular flexibility index (Phi) is 60.7. The molecular formula is C69H122O6. The average molecular weight is 1050 g/mol. The molecule has 0 radical (unpaired) electrons. The molecule has 0 aromatic heterocycles. The van der Waals surface area contributed by atoms with E-state index in [1.54, 1.807) is 0 Å². The number of carbonyl (C=O) groups is 3. The molecule has 0 aromatic rings. The van der Waals surface area contributed by atoms with Crippen LogP contribution < -0.4 is 0 Å². The highest BCUT2D eigenvalue weighted by Crippen LogP contribution is 2.16. The summed E-state index contributed by atoms with van der Waals surface area (Å²) < 4.78 is 16.9. The number of unbranched alkanes of at least 4 members (excludes halogenated alkanes) is 36. The monoisotopic (exact) mass is 1050 g/mol. The zero-order valence-electron chi connectivity index (χ0n) is 49.8. The molecule has 0 aromatic carbocycles. The van der Waals surface area contributed by atoms with Crippen LogP contribution >= 0.6 is 0 Å². The summed E-state index contributed by atoms with van der Waals surface area (Å²) in [5.41, 5.74) is 0. The van der Waals surface area contributed by atoms with Crippen LogP contribution in [0, 0.1) is 0 Å². The lowest BCUT2D eigenvalue weighted by Crippen LogP contribution is -2.30. The highest BCUT2D eigenvalue weighted by Gasteiger charge is 2.19. The Hall–Kier alpha value is -3.15. The number of ether oxygens (including phenoxy) is 3. The van der Waals surface area contributed by atoms with Crippen LogP contribution in [0.5, 0.6) is 0 Å². The molecule has 0 saturated carbocycles. The highest BCUT2D eigenvalue weighted by atomic mass is 16.6. The van der Waals surface area contributed by atoms with Crippen molar-refractivity contribution in [1.82, 2.24) is 0 Å². The smallest absolute Gasteiger partial charge is 0.306 e. The minimum atomic E-state index is -0.795. The van der Waals surface area contributed by atoms with E-state index in [-0.39, 0.29) is 31.1 Å². The second kappa shape index (κ2) is 63.4. The van der Waals surface area contributed by atoms with Gasteiger partial charge in [-0.15, -0.1) is 0 Å². The van der Waals surface area contributed by atoms with Crippen molar-refractivity contribution in [2.45, 2.75) is 335 Å². The normalized spacial score (nSPS) is 12.5. The first-order valence-electron chi connectivity index (χ1n) is 32.4. The molecule has 75 heavy (non-hydrogen) atoms. The van der Waals surface area contributed by atoms with Crippen molar-refractivity contribution in [3.63, 3.8) is 0 Å². The zero-order valence-corrected chi connectivity index (χ0v) is 49.8. The summed E-state index contributed by atoms with van der Waals surface area (Å²) in [6.45, 7) is 6.52. The van der Waals surface area contributed by atoms with Crippen LogP contribution in [0.1, 0.15) is 329 Å². The van der Waals surface area contributed by atoms with Crippen molar-refractivity contribution < 1.29 is 28.6 Å². The molecular weight excluding hydrogens is 925 g/mol. The molecule has 0 aliphatic rings. The maximum Gasteiger partial charge on any atom is 0.306 e. The van der Waals surface area contributed by atoms with Crippen molar-refractivity contribution in [2.24, 2.45) is 0 Å². The summed E-state index contributed by atoms with van der Waals surface area (Å²) in [6, 6.07) is 0. The standard InChI is InChI=1S/C69H122O6/c1-4-7-10-13-16-19-22-25-28-30-32-33-34-35-37-38-41-44-47-50-53-56-59-62-68(71)74-65-66(64-73-67(70)61-58-55-52-49-46-43-40-27-24-21-18-15-12-9-6-3)75-69(72)63-60-57-54-51-48-45-42-39-36-31-29-26-23-20-17-14-11-8-5-2/h9,12,18,21,26-27,29-30,32,40,46,49,66H,4-8,10-11,13-17,19-20,22-25,28,31,33-39,41-45,47-48,50-65H2,1-3H3/b12-9-,21-18-,29-26-,32-30-,40-27-,49-46-. The van der Waals surface area contributed by atoms with Crippen molar-refractivity contribution in [2.75, 3.05) is 13.2 Å². The van der Waals surface area contributed by atoms with Gasteiger partial charge >= 0.3 is 17.9 Å². The summed E-state index contributed by atoms with van der Waals surface area (Å²) in [5, 5.41) is 0. The predicted molar refractivity (Wildman–Crippen MR) is 325 cm³/mol. The summed E-state index contributed by atoms with van der Waals surface area (Å²) in [4.78, 5) is 38.3. The van der Waals surface area contributed by atoms with Gasteiger partial charge in [0.25, 0.3) is 0 Å². The summed E-state index contributed by atoms with van der Waals surface area (Å²) in [7, 11) is 0. The van der Waals surface area contributed by atoms with Gasteiger partial charge in [-0.3, -0.25) is 14.4 Å². The first-order chi connectivity index (χ1) is 37.0. The van der Waals surface area contributed by atoms with E-state index in [4.69, 9.17) is 14.2 Å². The number of esters is 3. The van der Waals surface area contributed by atoms with Crippen LogP contribution in [0.4, 0.5) is 0 Å². The number of hydrogen-bond donors (Lipinski definition) is 0. The third-order valence-corrected chi connectivity index (χ3v) is 14.2. The van der Waals surface area contributed by atoms with Crippen LogP contribution in [0.3, 0.4) is 0 Å². The lowest BCUT2D eigenvalue weighted by atomic mass is 10.0. The maximum atomic E-state index is 12.9. The molecule has 0 N–H and O–H groups in total. The third-order valence-electron chi connectivity index (χ3n) is 14.2. The second-order valence-corrected chi connectivity index (χ2v) is 21.6. The zero-order chi connectivity index (χ0) is 54.3. The van der Waals surface area contributed by atoms with Gasteiger partial charge in [-0.05, 0) is 109 Å². The second-order valence-electron chi connectivity index (χ2n) is 21.6. The lowest BCUT2D eigenvalue weighted by molar-refractivity contribution is -0.167. The van der Waals surface area contributed by atoms with Crippen LogP contribution in [-0.4, -0.2) is 37.2 Å². The van der Waals surface area contributed by atoms with Gasteiger partial charge in [-0.1, -0.05) is 273 Å². The van der Waals surface area contributed by atoms with E-state index in [0.717, 1.165) is 83.5 Å². The average Bonchev–Trinajstić information content (AvgIpc) is 3.41. The largest absolute Gasteiger partial charge is 0.462 e. The Morgan fingerprint density at radius 1 is 0.280 bits per heavy atom. The summed E-state index contributed by atoms with van der Waals surface area (Å²) >= 11 is 0. The van der Waals surface area contributed by atoms with E-state index < -0.39 is 6.10 Å². The first-order valence-corrected chi connectivity index (χ1v) is 32.4. The Labute approximate surface area is 465 Å². The first kappa shape index (κ1) is 71.8. The van der Waals surface area contributed by atoms with Crippen LogP contribution in [0.25, 0.3) is 0 Å². The van der Waals surface area contributed by atoms with Gasteiger partial charge < -0.3 is 14.2 Å². The number of allylic oxidation sites excluding steroid dienone is 12. The number of rotatable bonds is 59. The van der Waals surface area contributed by atoms with E-state index >= 15 is 0 Å². The molecule has 1 atom stereocenters. The molecule has 0 heterocycles. The molecule has 0 spiro atoms. The van der Waals surface area contributed by atoms with Crippen molar-refractivity contribution in [3.05, 3.63) is 72.9 Å². The molecule has 0 aliphatic carbocycles. The Morgan fingerprint density at radius 2 is 0.520 bits per heavy atom. The summed E-state index contributed by atoms with van der Waals surface area (Å²) in [5.74, 6) is -0.919. The fourth-order valence-corrected chi connectivity index (χ4v) is 9.31. The van der Waals surface area contributed by atoms with Crippen LogP contribution in [-0.2, 0) is 28.6 Å². The van der Waals surface area contributed by atoms with E-state index in [0.29, 0.717) is 19.3 Å². The lowest BCUT2D eigenvalue weighted by Gasteiger charge is -2.18. The quantitative estimate of drug-likeness (QED) is 0.0261. The topological polar surface area (TPSA) is 78.9 Å². The fraction of sp³-hybridized carbons (Fsp3) is 0.783. The number of hydrogen-bond acceptors (Lipinski definition) is 6. The van der Waals surface area contributed by atoms with Gasteiger partial charge in [0.2, 0.25) is 0 Å². The SMILES string of the molecule is CC/C=C\C/C=C\C/C=C\C/C=C\CCCCC(=O)OCC(COC(=O)CCCCCCCCCCCCC/C=C\CCCCCCCCCC)OC(=O)CCCCCCCCCCC/C=C\CCCCCCCC. The Balaban J connectivity index is 4.36.